The van der Waals surface area contributed by atoms with Crippen molar-refractivity contribution in [2.75, 3.05) is 11.9 Å². The summed E-state index contributed by atoms with van der Waals surface area (Å²) in [6.45, 7) is 6.75. The molecule has 3 aromatic rings. The van der Waals surface area contributed by atoms with Crippen LogP contribution in [0.25, 0.3) is 0 Å². The van der Waals surface area contributed by atoms with Crippen LogP contribution in [0.5, 0.6) is 5.75 Å². The average Bonchev–Trinajstić information content (AvgIpc) is 3.30. The topological polar surface area (TPSA) is 112 Å². The lowest BCUT2D eigenvalue weighted by Crippen LogP contribution is -2.53. The Morgan fingerprint density at radius 3 is 2.60 bits per heavy atom. The first-order valence-corrected chi connectivity index (χ1v) is 16.8. The Bertz CT molecular complexity index is 1550. The number of halogens is 1. The minimum Gasteiger partial charge on any atom is -0.493 e. The molecule has 240 valence electrons. The highest BCUT2D eigenvalue weighted by molar-refractivity contribution is 6.30. The van der Waals surface area contributed by atoms with Crippen LogP contribution in [0.4, 0.5) is 5.69 Å². The molecule has 0 unspecified atom stereocenters. The van der Waals surface area contributed by atoms with Gasteiger partial charge in [-0.1, -0.05) is 49.7 Å². The summed E-state index contributed by atoms with van der Waals surface area (Å²) >= 11 is 6.23. The normalized spacial score (nSPS) is 28.6. The molecule has 8 heteroatoms. The number of anilines is 1. The van der Waals surface area contributed by atoms with E-state index in [9.17, 15) is 20.1 Å². The number of rotatable bonds is 9. The zero-order valence-corrected chi connectivity index (χ0v) is 27.2. The maximum Gasteiger partial charge on any atom is 0.329 e. The van der Waals surface area contributed by atoms with E-state index in [2.05, 4.69) is 36.3 Å². The Morgan fingerprint density at radius 1 is 1.11 bits per heavy atom. The quantitative estimate of drug-likeness (QED) is 0.191. The summed E-state index contributed by atoms with van der Waals surface area (Å²) in [5.41, 5.74) is 4.69. The minimum atomic E-state index is -1.08. The summed E-state index contributed by atoms with van der Waals surface area (Å²) in [6, 6.07) is 15.6. The molecule has 0 saturated heterocycles. The van der Waals surface area contributed by atoms with Crippen LogP contribution in [-0.4, -0.2) is 38.4 Å². The zero-order valence-electron chi connectivity index (χ0n) is 26.4. The van der Waals surface area contributed by atoms with Gasteiger partial charge >= 0.3 is 5.97 Å². The van der Waals surface area contributed by atoms with Gasteiger partial charge in [0.1, 0.15) is 11.3 Å². The Labute approximate surface area is 271 Å². The van der Waals surface area contributed by atoms with Crippen LogP contribution >= 0.6 is 11.6 Å². The van der Waals surface area contributed by atoms with Gasteiger partial charge in [0.05, 0.1) is 24.5 Å². The zero-order chi connectivity index (χ0) is 31.9. The average molecular weight is 633 g/mol. The van der Waals surface area contributed by atoms with Crippen LogP contribution in [0, 0.1) is 11.8 Å². The SMILES string of the molecule is C[C@@H](COc1ccnc2c1[C@H](C)CC[C@H]2O)C[C@H]1Cc2ccc([C@H](C)O)cc2C12CCC(Nc1cccc(Cl)c1)(C(=O)O)CC2. The van der Waals surface area contributed by atoms with Crippen LogP contribution in [-0.2, 0) is 16.6 Å². The molecule has 3 aliphatic rings. The fourth-order valence-corrected chi connectivity index (χ4v) is 8.54. The van der Waals surface area contributed by atoms with Gasteiger partial charge in [-0.2, -0.15) is 0 Å². The number of pyridine rings is 1. The van der Waals surface area contributed by atoms with E-state index in [0.29, 0.717) is 36.1 Å². The lowest BCUT2D eigenvalue weighted by Gasteiger charge is -2.47. The molecule has 1 fully saturated rings. The first-order chi connectivity index (χ1) is 21.5. The highest BCUT2D eigenvalue weighted by Gasteiger charge is 2.54. The van der Waals surface area contributed by atoms with Crippen molar-refractivity contribution in [3.05, 3.63) is 87.7 Å². The molecule has 0 bridgehead atoms. The fraction of sp³-hybridized carbons (Fsp3) is 0.514. The van der Waals surface area contributed by atoms with Gasteiger partial charge in [0, 0.05) is 22.5 Å². The Morgan fingerprint density at radius 2 is 1.89 bits per heavy atom. The van der Waals surface area contributed by atoms with E-state index < -0.39 is 23.7 Å². The lowest BCUT2D eigenvalue weighted by molar-refractivity contribution is -0.144. The largest absolute Gasteiger partial charge is 0.493 e. The van der Waals surface area contributed by atoms with Crippen molar-refractivity contribution < 1.29 is 24.9 Å². The molecule has 0 aliphatic heterocycles. The number of nitrogens with zero attached hydrogens (tertiary/aromatic N) is 1. The van der Waals surface area contributed by atoms with Gasteiger partial charge < -0.3 is 25.4 Å². The second kappa shape index (κ2) is 12.6. The molecule has 2 aromatic carbocycles. The number of aliphatic hydroxyl groups is 2. The summed E-state index contributed by atoms with van der Waals surface area (Å²) < 4.78 is 6.46. The van der Waals surface area contributed by atoms with Crippen molar-refractivity contribution in [2.24, 2.45) is 11.8 Å². The number of carbonyl (C=O) groups is 1. The van der Waals surface area contributed by atoms with Crippen LogP contribution in [0.15, 0.2) is 54.7 Å². The summed E-state index contributed by atoms with van der Waals surface area (Å²) in [6.07, 6.45) is 6.54. The first kappa shape index (κ1) is 31.8. The smallest absolute Gasteiger partial charge is 0.329 e. The summed E-state index contributed by atoms with van der Waals surface area (Å²) in [5.74, 6) is 0.836. The molecule has 1 saturated carbocycles. The van der Waals surface area contributed by atoms with E-state index in [1.807, 2.05) is 24.3 Å². The number of aliphatic carboxylic acids is 1. The highest BCUT2D eigenvalue weighted by Crippen LogP contribution is 2.56. The van der Waals surface area contributed by atoms with E-state index in [0.717, 1.165) is 61.1 Å². The number of ether oxygens (including phenoxy) is 1. The van der Waals surface area contributed by atoms with Crippen LogP contribution in [0.2, 0.25) is 5.02 Å². The number of nitrogens with one attached hydrogen (secondary N) is 1. The maximum atomic E-state index is 12.8. The van der Waals surface area contributed by atoms with Crippen molar-refractivity contribution in [3.8, 4) is 5.75 Å². The number of hydrogen-bond donors (Lipinski definition) is 4. The van der Waals surface area contributed by atoms with Crippen molar-refractivity contribution in [3.63, 3.8) is 0 Å². The summed E-state index contributed by atoms with van der Waals surface area (Å²) in [5, 5.41) is 35.4. The van der Waals surface area contributed by atoms with E-state index >= 15 is 0 Å². The van der Waals surface area contributed by atoms with Gasteiger partial charge in [0.2, 0.25) is 0 Å². The summed E-state index contributed by atoms with van der Waals surface area (Å²) in [4.78, 5) is 17.3. The molecule has 1 aromatic heterocycles. The number of carboxylic acids is 1. The van der Waals surface area contributed by atoms with E-state index in [4.69, 9.17) is 16.3 Å². The van der Waals surface area contributed by atoms with Crippen molar-refractivity contribution in [1.82, 2.24) is 4.98 Å². The molecule has 5 atom stereocenters. The molecular formula is C37H45ClN2O5. The van der Waals surface area contributed by atoms with Gasteiger partial charge in [-0.3, -0.25) is 4.98 Å². The van der Waals surface area contributed by atoms with E-state index in [1.165, 1.54) is 11.1 Å². The number of hydrogen-bond acceptors (Lipinski definition) is 6. The second-order valence-corrected chi connectivity index (χ2v) is 14.4. The third-order valence-corrected chi connectivity index (χ3v) is 11.1. The fourth-order valence-electron chi connectivity index (χ4n) is 8.35. The highest BCUT2D eigenvalue weighted by atomic mass is 35.5. The van der Waals surface area contributed by atoms with Crippen molar-refractivity contribution in [1.29, 1.82) is 0 Å². The molecule has 7 nitrogen and oxygen atoms in total. The molecule has 45 heavy (non-hydrogen) atoms. The van der Waals surface area contributed by atoms with Gasteiger partial charge in [-0.25, -0.2) is 4.79 Å². The van der Waals surface area contributed by atoms with Crippen molar-refractivity contribution in [2.45, 2.75) is 101 Å². The van der Waals surface area contributed by atoms with Crippen molar-refractivity contribution >= 4 is 23.3 Å². The molecular weight excluding hydrogens is 588 g/mol. The molecule has 3 aliphatic carbocycles. The number of carboxylic acid groups (broad SMARTS) is 1. The van der Waals surface area contributed by atoms with Crippen LogP contribution in [0.3, 0.4) is 0 Å². The molecule has 0 radical (unpaired) electrons. The number of aliphatic hydroxyl groups excluding tert-OH is 2. The van der Waals surface area contributed by atoms with Gasteiger partial charge in [-0.15, -0.1) is 0 Å². The minimum absolute atomic E-state index is 0.183. The Kier molecular flexibility index (Phi) is 8.90. The third kappa shape index (κ3) is 6.07. The molecule has 4 N–H and O–H groups in total. The standard InChI is InChI=1S/C37H45ClN2O5/c1-22(21-45-32-11-16-39-34-31(42)10-7-23(2)33(32)34)17-27-18-26-9-8-25(24(3)41)19-30(26)36(27)12-14-37(15-13-36,35(43)44)40-29-6-4-5-28(38)20-29/h4-6,8-9,11,16,19-20,22-24,27,31,40-42H,7,10,12-15,17-18,21H2,1-3H3,(H,43,44)/t22-,23-,24+,27+,31-,36?,37?/m1/s1. The third-order valence-electron chi connectivity index (χ3n) is 10.9. The second-order valence-electron chi connectivity index (χ2n) is 13.9. The molecule has 6 rings (SSSR count). The first-order valence-electron chi connectivity index (χ1n) is 16.4. The van der Waals surface area contributed by atoms with Gasteiger partial charge in [-0.05, 0) is 122 Å². The molecule has 0 amide bonds. The summed E-state index contributed by atoms with van der Waals surface area (Å²) in [7, 11) is 0. The van der Waals surface area contributed by atoms with Crippen LogP contribution < -0.4 is 10.1 Å². The van der Waals surface area contributed by atoms with E-state index in [1.54, 1.807) is 25.3 Å². The number of aromatic nitrogens is 1. The van der Waals surface area contributed by atoms with Crippen LogP contribution in [0.1, 0.15) is 112 Å². The Hall–Kier alpha value is -3.13. The Balaban J connectivity index is 1.24. The predicted molar refractivity (Wildman–Crippen MR) is 176 cm³/mol. The number of fused-ring (bicyclic) bond motifs is 3. The predicted octanol–water partition coefficient (Wildman–Crippen LogP) is 7.74. The molecule has 1 heterocycles. The monoisotopic (exact) mass is 632 g/mol. The molecule has 1 spiro atoms. The van der Waals surface area contributed by atoms with Gasteiger partial charge in [0.25, 0.3) is 0 Å². The maximum absolute atomic E-state index is 12.8. The van der Waals surface area contributed by atoms with E-state index in [-0.39, 0.29) is 17.3 Å². The lowest BCUT2D eigenvalue weighted by atomic mass is 9.59. The number of benzene rings is 2. The van der Waals surface area contributed by atoms with Gasteiger partial charge in [0.15, 0.2) is 0 Å².